The number of carbonyl (C=O) groups excluding carboxylic acids is 2. The number of nitrogens with zero attached hydrogens (tertiary/aromatic N) is 1. The third-order valence-corrected chi connectivity index (χ3v) is 3.86. The van der Waals surface area contributed by atoms with Crippen LogP contribution in [0.1, 0.15) is 36.9 Å². The maximum atomic E-state index is 12.5. The Labute approximate surface area is 135 Å². The van der Waals surface area contributed by atoms with Gasteiger partial charge in [0.1, 0.15) is 0 Å². The number of hydrogen-bond acceptors (Lipinski definition) is 3. The lowest BCUT2D eigenvalue weighted by Crippen LogP contribution is -2.38. The molecule has 0 aliphatic carbocycles. The molecule has 2 heterocycles. The van der Waals surface area contributed by atoms with E-state index in [1.807, 2.05) is 43.9 Å². The monoisotopic (exact) mass is 312 g/mol. The van der Waals surface area contributed by atoms with Crippen molar-refractivity contribution in [3.05, 3.63) is 47.9 Å². The number of fused-ring (bicyclic) bond motifs is 1. The van der Waals surface area contributed by atoms with Gasteiger partial charge in [-0.2, -0.15) is 0 Å². The molecule has 5 nitrogen and oxygen atoms in total. The molecule has 0 atom stereocenters. The number of furan rings is 1. The van der Waals surface area contributed by atoms with Gasteiger partial charge in [0.05, 0.1) is 6.26 Å². The van der Waals surface area contributed by atoms with Gasteiger partial charge < -0.3 is 14.6 Å². The molecule has 1 aromatic heterocycles. The Morgan fingerprint density at radius 1 is 1.22 bits per heavy atom. The first kappa shape index (κ1) is 15.3. The van der Waals surface area contributed by atoms with Crippen molar-refractivity contribution in [3.63, 3.8) is 0 Å². The molecule has 1 N–H and O–H groups in total. The van der Waals surface area contributed by atoms with E-state index in [0.717, 1.165) is 17.7 Å². The maximum absolute atomic E-state index is 12.5. The first-order valence-electron chi connectivity index (χ1n) is 7.66. The molecule has 1 aromatic carbocycles. The van der Waals surface area contributed by atoms with Crippen LogP contribution in [0, 0.1) is 5.41 Å². The fraction of sp³-hybridized carbons (Fsp3) is 0.333. The van der Waals surface area contributed by atoms with Gasteiger partial charge in [0.15, 0.2) is 5.76 Å². The fourth-order valence-corrected chi connectivity index (χ4v) is 2.70. The van der Waals surface area contributed by atoms with Gasteiger partial charge in [-0.05, 0) is 42.3 Å². The topological polar surface area (TPSA) is 62.6 Å². The highest BCUT2D eigenvalue weighted by Crippen LogP contribution is 2.33. The van der Waals surface area contributed by atoms with Gasteiger partial charge >= 0.3 is 0 Å². The van der Waals surface area contributed by atoms with Crippen LogP contribution >= 0.6 is 0 Å². The number of carbonyl (C=O) groups is 2. The minimum Gasteiger partial charge on any atom is -0.459 e. The lowest BCUT2D eigenvalue weighted by Gasteiger charge is -2.26. The number of benzene rings is 1. The van der Waals surface area contributed by atoms with Crippen molar-refractivity contribution in [2.24, 2.45) is 5.41 Å². The molecular formula is C18H20N2O3. The first-order chi connectivity index (χ1) is 10.9. The number of hydrogen-bond donors (Lipinski definition) is 1. The Hall–Kier alpha value is -2.56. The number of rotatable bonds is 2. The first-order valence-corrected chi connectivity index (χ1v) is 7.66. The fourth-order valence-electron chi connectivity index (χ4n) is 2.70. The summed E-state index contributed by atoms with van der Waals surface area (Å²) in [5, 5.41) is 2.81. The second-order valence-corrected chi connectivity index (χ2v) is 6.73. The molecule has 1 aliphatic rings. The average Bonchev–Trinajstić information content (AvgIpc) is 3.14. The number of amides is 2. The third-order valence-electron chi connectivity index (χ3n) is 3.86. The average molecular weight is 312 g/mol. The molecule has 0 radical (unpaired) electrons. The van der Waals surface area contributed by atoms with Crippen molar-refractivity contribution in [1.82, 2.24) is 0 Å². The van der Waals surface area contributed by atoms with Crippen LogP contribution in [0.4, 0.5) is 11.4 Å². The van der Waals surface area contributed by atoms with Crippen molar-refractivity contribution in [2.75, 3.05) is 16.8 Å². The van der Waals surface area contributed by atoms with E-state index in [9.17, 15) is 9.59 Å². The van der Waals surface area contributed by atoms with Crippen molar-refractivity contribution in [2.45, 2.75) is 27.2 Å². The lowest BCUT2D eigenvalue weighted by molar-refractivity contribution is -0.125. The Kier molecular flexibility index (Phi) is 3.72. The van der Waals surface area contributed by atoms with Crippen molar-refractivity contribution in [1.29, 1.82) is 0 Å². The number of anilines is 2. The molecule has 0 fully saturated rings. The third kappa shape index (κ3) is 2.99. The molecule has 0 saturated carbocycles. The smallest absolute Gasteiger partial charge is 0.291 e. The zero-order valence-electron chi connectivity index (χ0n) is 13.6. The molecule has 2 amide bonds. The Morgan fingerprint density at radius 2 is 2.00 bits per heavy atom. The predicted octanol–water partition coefficient (Wildman–Crippen LogP) is 3.47. The molecule has 23 heavy (non-hydrogen) atoms. The summed E-state index contributed by atoms with van der Waals surface area (Å²) in [6.45, 7) is 6.45. The van der Waals surface area contributed by atoms with Crippen molar-refractivity contribution >= 4 is 23.2 Å². The summed E-state index contributed by atoms with van der Waals surface area (Å²) in [6.07, 6.45) is 2.26. The molecule has 0 unspecified atom stereocenters. The maximum Gasteiger partial charge on any atom is 0.291 e. The minimum atomic E-state index is -0.409. The highest BCUT2D eigenvalue weighted by Gasteiger charge is 2.32. The summed E-state index contributed by atoms with van der Waals surface area (Å²) in [4.78, 5) is 26.3. The summed E-state index contributed by atoms with van der Waals surface area (Å²) in [5.74, 6) is 0.106. The van der Waals surface area contributed by atoms with Gasteiger partial charge in [-0.25, -0.2) is 0 Å². The SMILES string of the molecule is CC(C)(C)C(=O)N1CCc2cc(NC(=O)c3ccco3)ccc21. The van der Waals surface area contributed by atoms with Gasteiger partial charge in [-0.15, -0.1) is 0 Å². The van der Waals surface area contributed by atoms with Gasteiger partial charge in [0.25, 0.3) is 5.91 Å². The van der Waals surface area contributed by atoms with Crippen LogP contribution in [0.2, 0.25) is 0 Å². The van der Waals surface area contributed by atoms with E-state index >= 15 is 0 Å². The van der Waals surface area contributed by atoms with Gasteiger partial charge in [-0.3, -0.25) is 9.59 Å². The number of nitrogens with one attached hydrogen (secondary N) is 1. The van der Waals surface area contributed by atoms with E-state index in [1.54, 1.807) is 12.1 Å². The van der Waals surface area contributed by atoms with Crippen molar-refractivity contribution < 1.29 is 14.0 Å². The van der Waals surface area contributed by atoms with E-state index in [4.69, 9.17) is 4.42 Å². The standard InChI is InChI=1S/C18H20N2O3/c1-18(2,3)17(22)20-9-8-12-11-13(6-7-14(12)20)19-16(21)15-5-4-10-23-15/h4-7,10-11H,8-9H2,1-3H3,(H,19,21). The van der Waals surface area contributed by atoms with Gasteiger partial charge in [-0.1, -0.05) is 20.8 Å². The van der Waals surface area contributed by atoms with Crippen LogP contribution < -0.4 is 10.2 Å². The summed E-state index contributed by atoms with van der Waals surface area (Å²) >= 11 is 0. The Morgan fingerprint density at radius 3 is 2.65 bits per heavy atom. The summed E-state index contributed by atoms with van der Waals surface area (Å²) in [5.41, 5.74) is 2.30. The highest BCUT2D eigenvalue weighted by molar-refractivity contribution is 6.03. The van der Waals surface area contributed by atoms with Crippen LogP contribution in [-0.2, 0) is 11.2 Å². The molecule has 120 valence electrons. The Balaban J connectivity index is 1.79. The van der Waals surface area contributed by atoms with E-state index in [1.165, 1.54) is 6.26 Å². The van der Waals surface area contributed by atoms with Crippen molar-refractivity contribution in [3.8, 4) is 0 Å². The summed E-state index contributed by atoms with van der Waals surface area (Å²) < 4.78 is 5.08. The molecule has 3 rings (SSSR count). The minimum absolute atomic E-state index is 0.114. The molecule has 0 spiro atoms. The summed E-state index contributed by atoms with van der Waals surface area (Å²) in [6, 6.07) is 8.92. The van der Waals surface area contributed by atoms with Crippen LogP contribution in [0.5, 0.6) is 0 Å². The molecule has 0 bridgehead atoms. The van der Waals surface area contributed by atoms with Crippen LogP contribution in [0.25, 0.3) is 0 Å². The quantitative estimate of drug-likeness (QED) is 0.923. The predicted molar refractivity (Wildman–Crippen MR) is 88.6 cm³/mol. The molecule has 1 aliphatic heterocycles. The summed E-state index contributed by atoms with van der Waals surface area (Å²) in [7, 11) is 0. The second-order valence-electron chi connectivity index (χ2n) is 6.73. The molecule has 5 heteroatoms. The lowest BCUT2D eigenvalue weighted by atomic mass is 9.94. The Bertz CT molecular complexity index is 742. The largest absolute Gasteiger partial charge is 0.459 e. The molecule has 0 saturated heterocycles. The zero-order valence-corrected chi connectivity index (χ0v) is 13.6. The normalized spacial score (nSPS) is 13.8. The molecular weight excluding hydrogens is 292 g/mol. The van der Waals surface area contributed by atoms with E-state index < -0.39 is 5.41 Å². The van der Waals surface area contributed by atoms with Gasteiger partial charge in [0, 0.05) is 23.3 Å². The van der Waals surface area contributed by atoms with Crippen LogP contribution in [-0.4, -0.2) is 18.4 Å². The van der Waals surface area contributed by atoms with E-state index in [-0.39, 0.29) is 17.6 Å². The van der Waals surface area contributed by atoms with Crippen LogP contribution in [0.15, 0.2) is 41.0 Å². The van der Waals surface area contributed by atoms with Crippen LogP contribution in [0.3, 0.4) is 0 Å². The zero-order chi connectivity index (χ0) is 16.6. The highest BCUT2D eigenvalue weighted by atomic mass is 16.3. The van der Waals surface area contributed by atoms with E-state index in [0.29, 0.717) is 12.2 Å². The van der Waals surface area contributed by atoms with Gasteiger partial charge in [0.2, 0.25) is 5.91 Å². The second kappa shape index (κ2) is 5.57. The van der Waals surface area contributed by atoms with E-state index in [2.05, 4.69) is 5.32 Å². The molecule has 2 aromatic rings.